The Hall–Kier alpha value is -0.830. The lowest BCUT2D eigenvalue weighted by atomic mass is 10.2. The Labute approximate surface area is 80.4 Å². The number of esters is 1. The molecule has 1 atom stereocenters. The molecule has 0 aliphatic rings. The highest BCUT2D eigenvalue weighted by molar-refractivity contribution is 5.71. The number of hydrogen-bond acceptors (Lipinski definition) is 3. The van der Waals surface area contributed by atoms with Crippen LogP contribution in [-0.4, -0.2) is 38.1 Å². The van der Waals surface area contributed by atoms with Gasteiger partial charge >= 0.3 is 5.97 Å². The number of ether oxygens (including phenoxy) is 1. The van der Waals surface area contributed by atoms with Gasteiger partial charge < -0.3 is 9.64 Å². The van der Waals surface area contributed by atoms with Crippen LogP contribution in [0.15, 0.2) is 12.7 Å². The highest BCUT2D eigenvalue weighted by Gasteiger charge is 2.14. The first-order valence-corrected chi connectivity index (χ1v) is 4.49. The van der Waals surface area contributed by atoms with Crippen molar-refractivity contribution in [2.24, 2.45) is 5.92 Å². The van der Waals surface area contributed by atoms with Crippen LogP contribution in [0, 0.1) is 5.92 Å². The Balaban J connectivity index is 3.70. The molecular weight excluding hydrogens is 166 g/mol. The maximum atomic E-state index is 11.1. The van der Waals surface area contributed by atoms with Gasteiger partial charge in [-0.2, -0.15) is 0 Å². The summed E-state index contributed by atoms with van der Waals surface area (Å²) in [6.07, 6.45) is 2.82. The lowest BCUT2D eigenvalue weighted by Gasteiger charge is -2.18. The highest BCUT2D eigenvalue weighted by atomic mass is 16.5. The van der Waals surface area contributed by atoms with E-state index >= 15 is 0 Å². The second-order valence-electron chi connectivity index (χ2n) is 3.26. The SMILES string of the molecule is C=CCCN(C)CC(C)C(=O)OC. The van der Waals surface area contributed by atoms with Crippen LogP contribution < -0.4 is 0 Å². The summed E-state index contributed by atoms with van der Waals surface area (Å²) >= 11 is 0. The van der Waals surface area contributed by atoms with Gasteiger partial charge in [0.25, 0.3) is 0 Å². The van der Waals surface area contributed by atoms with Gasteiger partial charge in [-0.3, -0.25) is 4.79 Å². The fraction of sp³-hybridized carbons (Fsp3) is 0.700. The van der Waals surface area contributed by atoms with Crippen molar-refractivity contribution in [3.8, 4) is 0 Å². The van der Waals surface area contributed by atoms with Crippen molar-refractivity contribution in [3.63, 3.8) is 0 Å². The fourth-order valence-electron chi connectivity index (χ4n) is 1.15. The molecule has 0 rings (SSSR count). The van der Waals surface area contributed by atoms with Gasteiger partial charge in [-0.1, -0.05) is 13.0 Å². The van der Waals surface area contributed by atoms with Crippen LogP contribution in [0.4, 0.5) is 0 Å². The standard InChI is InChI=1S/C10H19NO2/c1-5-6-7-11(3)8-9(2)10(12)13-4/h5,9H,1,6-8H2,2-4H3. The largest absolute Gasteiger partial charge is 0.469 e. The van der Waals surface area contributed by atoms with Crippen molar-refractivity contribution in [1.29, 1.82) is 0 Å². The van der Waals surface area contributed by atoms with Crippen LogP contribution in [0.2, 0.25) is 0 Å². The molecule has 3 nitrogen and oxygen atoms in total. The van der Waals surface area contributed by atoms with Crippen LogP contribution in [0.5, 0.6) is 0 Å². The van der Waals surface area contributed by atoms with Gasteiger partial charge in [0.2, 0.25) is 0 Å². The normalized spacial score (nSPS) is 12.6. The predicted octanol–water partition coefficient (Wildman–Crippen LogP) is 1.30. The molecule has 0 radical (unpaired) electrons. The summed E-state index contributed by atoms with van der Waals surface area (Å²) in [7, 11) is 3.41. The summed E-state index contributed by atoms with van der Waals surface area (Å²) in [5, 5.41) is 0. The Kier molecular flexibility index (Phi) is 6.24. The first-order chi connectivity index (χ1) is 6.11. The molecule has 3 heteroatoms. The van der Waals surface area contributed by atoms with E-state index in [1.807, 2.05) is 20.0 Å². The Morgan fingerprint density at radius 3 is 2.77 bits per heavy atom. The van der Waals surface area contributed by atoms with E-state index in [9.17, 15) is 4.79 Å². The van der Waals surface area contributed by atoms with Crippen molar-refractivity contribution in [2.45, 2.75) is 13.3 Å². The quantitative estimate of drug-likeness (QED) is 0.461. The monoisotopic (exact) mass is 185 g/mol. The molecule has 1 unspecified atom stereocenters. The minimum absolute atomic E-state index is 0.0557. The first kappa shape index (κ1) is 12.2. The number of rotatable bonds is 6. The van der Waals surface area contributed by atoms with E-state index in [1.165, 1.54) is 7.11 Å². The molecule has 0 amide bonds. The van der Waals surface area contributed by atoms with E-state index < -0.39 is 0 Å². The maximum Gasteiger partial charge on any atom is 0.309 e. The molecule has 0 bridgehead atoms. The van der Waals surface area contributed by atoms with Gasteiger partial charge in [-0.15, -0.1) is 6.58 Å². The van der Waals surface area contributed by atoms with Gasteiger partial charge in [0.15, 0.2) is 0 Å². The summed E-state index contributed by atoms with van der Waals surface area (Å²) in [5.41, 5.74) is 0. The molecule has 0 N–H and O–H groups in total. The predicted molar refractivity (Wildman–Crippen MR) is 53.5 cm³/mol. The third-order valence-electron chi connectivity index (χ3n) is 1.90. The second-order valence-corrected chi connectivity index (χ2v) is 3.26. The zero-order valence-corrected chi connectivity index (χ0v) is 8.75. The lowest BCUT2D eigenvalue weighted by molar-refractivity contribution is -0.145. The number of methoxy groups -OCH3 is 1. The summed E-state index contributed by atoms with van der Waals surface area (Å²) in [5.74, 6) is -0.203. The molecule has 0 aliphatic heterocycles. The molecule has 0 aromatic rings. The van der Waals surface area contributed by atoms with Crippen LogP contribution in [0.25, 0.3) is 0 Å². The van der Waals surface area contributed by atoms with E-state index in [1.54, 1.807) is 0 Å². The molecular formula is C10H19NO2. The summed E-state index contributed by atoms with van der Waals surface area (Å²) in [4.78, 5) is 13.2. The van der Waals surface area contributed by atoms with E-state index in [0.29, 0.717) is 0 Å². The van der Waals surface area contributed by atoms with Gasteiger partial charge in [0.1, 0.15) is 0 Å². The van der Waals surface area contributed by atoms with Crippen molar-refractivity contribution in [2.75, 3.05) is 27.2 Å². The van der Waals surface area contributed by atoms with Crippen molar-refractivity contribution in [3.05, 3.63) is 12.7 Å². The molecule has 0 saturated heterocycles. The van der Waals surface area contributed by atoms with Crippen molar-refractivity contribution in [1.82, 2.24) is 4.90 Å². The second kappa shape index (κ2) is 6.66. The third-order valence-corrected chi connectivity index (χ3v) is 1.90. The molecule has 0 spiro atoms. The van der Waals surface area contributed by atoms with Gasteiger partial charge in [0, 0.05) is 13.1 Å². The molecule has 13 heavy (non-hydrogen) atoms. The molecule has 0 aliphatic carbocycles. The number of nitrogens with zero attached hydrogens (tertiary/aromatic N) is 1. The minimum Gasteiger partial charge on any atom is -0.469 e. The van der Waals surface area contributed by atoms with Crippen LogP contribution >= 0.6 is 0 Å². The summed E-state index contributed by atoms with van der Waals surface area (Å²) in [6.45, 7) is 7.19. The number of carbonyl (C=O) groups excluding carboxylic acids is 1. The molecule has 76 valence electrons. The highest BCUT2D eigenvalue weighted by Crippen LogP contribution is 2.00. The van der Waals surface area contributed by atoms with Crippen LogP contribution in [-0.2, 0) is 9.53 Å². The number of carbonyl (C=O) groups is 1. The maximum absolute atomic E-state index is 11.1. The first-order valence-electron chi connectivity index (χ1n) is 4.49. The molecule has 0 aromatic heterocycles. The fourth-order valence-corrected chi connectivity index (χ4v) is 1.15. The zero-order chi connectivity index (χ0) is 10.3. The zero-order valence-electron chi connectivity index (χ0n) is 8.75. The van der Waals surface area contributed by atoms with Gasteiger partial charge in [-0.05, 0) is 13.5 Å². The summed E-state index contributed by atoms with van der Waals surface area (Å²) in [6, 6.07) is 0. The van der Waals surface area contributed by atoms with E-state index in [4.69, 9.17) is 0 Å². The average Bonchev–Trinajstić information content (AvgIpc) is 2.13. The van der Waals surface area contributed by atoms with E-state index in [2.05, 4.69) is 16.2 Å². The third kappa shape index (κ3) is 5.42. The van der Waals surface area contributed by atoms with Gasteiger partial charge in [0.05, 0.1) is 13.0 Å². The van der Waals surface area contributed by atoms with Crippen molar-refractivity contribution >= 4 is 5.97 Å². The van der Waals surface area contributed by atoms with Crippen molar-refractivity contribution < 1.29 is 9.53 Å². The Bertz CT molecular complexity index is 168. The topological polar surface area (TPSA) is 29.5 Å². The number of hydrogen-bond donors (Lipinski definition) is 0. The summed E-state index contributed by atoms with van der Waals surface area (Å²) < 4.78 is 4.63. The molecule has 0 saturated carbocycles. The average molecular weight is 185 g/mol. The molecule has 0 aromatic carbocycles. The Morgan fingerprint density at radius 1 is 1.69 bits per heavy atom. The lowest BCUT2D eigenvalue weighted by Crippen LogP contribution is -2.29. The molecule has 0 fully saturated rings. The van der Waals surface area contributed by atoms with E-state index in [-0.39, 0.29) is 11.9 Å². The molecule has 0 heterocycles. The van der Waals surface area contributed by atoms with Gasteiger partial charge in [-0.25, -0.2) is 0 Å². The van der Waals surface area contributed by atoms with Crippen LogP contribution in [0.1, 0.15) is 13.3 Å². The van der Waals surface area contributed by atoms with Crippen LogP contribution in [0.3, 0.4) is 0 Å². The van der Waals surface area contributed by atoms with E-state index in [0.717, 1.165) is 19.5 Å². The smallest absolute Gasteiger partial charge is 0.309 e. The Morgan fingerprint density at radius 2 is 2.31 bits per heavy atom. The minimum atomic E-state index is -0.148.